The van der Waals surface area contributed by atoms with E-state index in [4.69, 9.17) is 14.2 Å². The van der Waals surface area contributed by atoms with Crippen LogP contribution in [0.15, 0.2) is 0 Å². The molecule has 0 spiro atoms. The smallest absolute Gasteiger partial charge is 0.311 e. The van der Waals surface area contributed by atoms with Crippen LogP contribution >= 0.6 is 0 Å². The van der Waals surface area contributed by atoms with E-state index >= 15 is 0 Å². The monoisotopic (exact) mass is 228 g/mol. The molecule has 90 valence electrons. The number of hydrogen-bond donors (Lipinski definition) is 0. The van der Waals surface area contributed by atoms with Gasteiger partial charge in [-0.2, -0.15) is 0 Å². The summed E-state index contributed by atoms with van der Waals surface area (Å²) in [6, 6.07) is 0. The number of esters is 2. The second kappa shape index (κ2) is 4.05. The maximum absolute atomic E-state index is 11.4. The molecule has 5 nitrogen and oxygen atoms in total. The number of carbonyl (C=O) groups excluding carboxylic acids is 2. The van der Waals surface area contributed by atoms with Gasteiger partial charge in [0.25, 0.3) is 0 Å². The van der Waals surface area contributed by atoms with E-state index in [1.54, 1.807) is 6.92 Å². The molecule has 5 heteroatoms. The predicted octanol–water partition coefficient (Wildman–Crippen LogP) is 0.657. The van der Waals surface area contributed by atoms with Crippen molar-refractivity contribution in [1.82, 2.24) is 0 Å². The Morgan fingerprint density at radius 3 is 2.75 bits per heavy atom. The van der Waals surface area contributed by atoms with E-state index in [1.807, 2.05) is 6.92 Å². The SMILES string of the molecule is CC(=O)OC1C[C@H]2OC(=O)C(C)C2O[C@H]1C. The Bertz CT molecular complexity index is 311. The van der Waals surface area contributed by atoms with Gasteiger partial charge in [-0.3, -0.25) is 9.59 Å². The van der Waals surface area contributed by atoms with E-state index in [9.17, 15) is 9.59 Å². The van der Waals surface area contributed by atoms with Crippen LogP contribution in [0.1, 0.15) is 27.2 Å². The Labute approximate surface area is 94.0 Å². The Balaban J connectivity index is 2.05. The fraction of sp³-hybridized carbons (Fsp3) is 0.818. The van der Waals surface area contributed by atoms with Crippen LogP contribution in [0.3, 0.4) is 0 Å². The normalized spacial score (nSPS) is 42.4. The van der Waals surface area contributed by atoms with Crippen molar-refractivity contribution in [3.8, 4) is 0 Å². The molecule has 2 heterocycles. The minimum absolute atomic E-state index is 0.193. The molecule has 0 amide bonds. The van der Waals surface area contributed by atoms with Crippen LogP contribution in [0.5, 0.6) is 0 Å². The van der Waals surface area contributed by atoms with Gasteiger partial charge in [0.05, 0.1) is 12.0 Å². The zero-order valence-electron chi connectivity index (χ0n) is 9.64. The first-order valence-corrected chi connectivity index (χ1v) is 5.52. The van der Waals surface area contributed by atoms with Gasteiger partial charge in [-0.15, -0.1) is 0 Å². The van der Waals surface area contributed by atoms with Crippen molar-refractivity contribution in [1.29, 1.82) is 0 Å². The topological polar surface area (TPSA) is 61.8 Å². The number of fused-ring (bicyclic) bond motifs is 1. The zero-order chi connectivity index (χ0) is 11.9. The summed E-state index contributed by atoms with van der Waals surface area (Å²) in [6.07, 6.45) is -0.460. The highest BCUT2D eigenvalue weighted by Crippen LogP contribution is 2.34. The average Bonchev–Trinajstić information content (AvgIpc) is 2.44. The lowest BCUT2D eigenvalue weighted by molar-refractivity contribution is -0.181. The van der Waals surface area contributed by atoms with Gasteiger partial charge >= 0.3 is 11.9 Å². The van der Waals surface area contributed by atoms with E-state index in [1.165, 1.54) is 6.92 Å². The van der Waals surface area contributed by atoms with Crippen LogP contribution in [0.4, 0.5) is 0 Å². The highest BCUT2D eigenvalue weighted by molar-refractivity contribution is 5.75. The predicted molar refractivity (Wildman–Crippen MR) is 53.6 cm³/mol. The minimum Gasteiger partial charge on any atom is -0.460 e. The summed E-state index contributed by atoms with van der Waals surface area (Å²) in [7, 11) is 0. The molecule has 0 bridgehead atoms. The first-order valence-electron chi connectivity index (χ1n) is 5.52. The fourth-order valence-corrected chi connectivity index (χ4v) is 2.28. The lowest BCUT2D eigenvalue weighted by Crippen LogP contribution is -2.47. The Hall–Kier alpha value is -1.10. The summed E-state index contributed by atoms with van der Waals surface area (Å²) < 4.78 is 16.0. The van der Waals surface area contributed by atoms with Crippen molar-refractivity contribution < 1.29 is 23.8 Å². The summed E-state index contributed by atoms with van der Waals surface area (Å²) in [5.41, 5.74) is 0. The zero-order valence-corrected chi connectivity index (χ0v) is 9.64. The number of ether oxygens (including phenoxy) is 3. The molecule has 2 aliphatic rings. The third-order valence-corrected chi connectivity index (χ3v) is 3.18. The average molecular weight is 228 g/mol. The lowest BCUT2D eigenvalue weighted by atomic mass is 9.94. The van der Waals surface area contributed by atoms with Gasteiger partial charge in [-0.25, -0.2) is 0 Å². The van der Waals surface area contributed by atoms with Gasteiger partial charge < -0.3 is 14.2 Å². The molecule has 0 aromatic rings. The molecule has 2 saturated heterocycles. The first-order chi connectivity index (χ1) is 7.49. The van der Waals surface area contributed by atoms with E-state index < -0.39 is 0 Å². The lowest BCUT2D eigenvalue weighted by Gasteiger charge is -2.35. The van der Waals surface area contributed by atoms with Gasteiger partial charge in [0, 0.05) is 13.3 Å². The summed E-state index contributed by atoms with van der Waals surface area (Å²) >= 11 is 0. The van der Waals surface area contributed by atoms with Crippen LogP contribution in [0.2, 0.25) is 0 Å². The molecule has 2 rings (SSSR count). The Morgan fingerprint density at radius 2 is 2.12 bits per heavy atom. The standard InChI is InChI=1S/C11H16O5/c1-5-10-9(16-11(5)13)4-8(6(2)14-10)15-7(3)12/h5-6,8-10H,4H2,1-3H3/t5?,6-,8?,9+,10?/m0/s1. The summed E-state index contributed by atoms with van der Waals surface area (Å²) in [5.74, 6) is -0.798. The molecular weight excluding hydrogens is 212 g/mol. The Morgan fingerprint density at radius 1 is 1.44 bits per heavy atom. The molecule has 0 aromatic carbocycles. The van der Waals surface area contributed by atoms with Crippen molar-refractivity contribution in [3.63, 3.8) is 0 Å². The minimum atomic E-state index is -0.337. The molecule has 0 radical (unpaired) electrons. The highest BCUT2D eigenvalue weighted by atomic mass is 16.6. The molecular formula is C11H16O5. The molecule has 2 fully saturated rings. The summed E-state index contributed by atoms with van der Waals surface area (Å²) in [5, 5.41) is 0. The van der Waals surface area contributed by atoms with Gasteiger partial charge in [0.1, 0.15) is 18.3 Å². The van der Waals surface area contributed by atoms with E-state index in [0.717, 1.165) is 0 Å². The quantitative estimate of drug-likeness (QED) is 0.617. The molecule has 0 aromatic heterocycles. The molecule has 16 heavy (non-hydrogen) atoms. The molecule has 0 saturated carbocycles. The van der Waals surface area contributed by atoms with Crippen LogP contribution in [0.25, 0.3) is 0 Å². The van der Waals surface area contributed by atoms with Crippen molar-refractivity contribution in [2.24, 2.45) is 5.92 Å². The van der Waals surface area contributed by atoms with Crippen LogP contribution in [0, 0.1) is 5.92 Å². The van der Waals surface area contributed by atoms with E-state index in [0.29, 0.717) is 6.42 Å². The largest absolute Gasteiger partial charge is 0.460 e. The van der Waals surface area contributed by atoms with E-state index in [-0.39, 0.29) is 42.3 Å². The van der Waals surface area contributed by atoms with Gasteiger partial charge in [-0.1, -0.05) is 0 Å². The number of carbonyl (C=O) groups is 2. The fourth-order valence-electron chi connectivity index (χ4n) is 2.28. The van der Waals surface area contributed by atoms with Crippen LogP contribution in [-0.4, -0.2) is 36.4 Å². The van der Waals surface area contributed by atoms with E-state index in [2.05, 4.69) is 0 Å². The maximum Gasteiger partial charge on any atom is 0.311 e. The van der Waals surface area contributed by atoms with Crippen LogP contribution < -0.4 is 0 Å². The van der Waals surface area contributed by atoms with Gasteiger partial charge in [0.15, 0.2) is 0 Å². The third kappa shape index (κ3) is 1.91. The van der Waals surface area contributed by atoms with Crippen molar-refractivity contribution in [2.45, 2.75) is 51.6 Å². The van der Waals surface area contributed by atoms with Crippen molar-refractivity contribution in [3.05, 3.63) is 0 Å². The van der Waals surface area contributed by atoms with Gasteiger partial charge in [0.2, 0.25) is 0 Å². The second-order valence-corrected chi connectivity index (χ2v) is 4.45. The second-order valence-electron chi connectivity index (χ2n) is 4.45. The molecule has 2 aliphatic heterocycles. The molecule has 0 N–H and O–H groups in total. The van der Waals surface area contributed by atoms with Crippen LogP contribution in [-0.2, 0) is 23.8 Å². The first kappa shape index (κ1) is 11.4. The highest BCUT2D eigenvalue weighted by Gasteiger charge is 2.49. The maximum atomic E-state index is 11.4. The molecule has 0 aliphatic carbocycles. The molecule has 5 atom stereocenters. The molecule has 3 unspecified atom stereocenters. The summed E-state index contributed by atoms with van der Waals surface area (Å²) in [4.78, 5) is 22.3. The third-order valence-electron chi connectivity index (χ3n) is 3.18. The van der Waals surface area contributed by atoms with Crippen molar-refractivity contribution >= 4 is 11.9 Å². The van der Waals surface area contributed by atoms with Gasteiger partial charge in [-0.05, 0) is 13.8 Å². The summed E-state index contributed by atoms with van der Waals surface area (Å²) in [6.45, 7) is 5.01. The number of rotatable bonds is 1. The number of hydrogen-bond acceptors (Lipinski definition) is 5. The Kier molecular flexibility index (Phi) is 2.88. The van der Waals surface area contributed by atoms with Crippen molar-refractivity contribution in [2.75, 3.05) is 0 Å².